The SMILES string of the molecule is CC(C(=O)N1CCN(Cc2ccccn2)CC1)n1nccc1C(=O)O. The average Bonchev–Trinajstić information content (AvgIpc) is 3.12. The first-order valence-corrected chi connectivity index (χ1v) is 8.24. The summed E-state index contributed by atoms with van der Waals surface area (Å²) in [6.45, 7) is 5.20. The Bertz CT molecular complexity index is 738. The fourth-order valence-corrected chi connectivity index (χ4v) is 3.01. The molecule has 25 heavy (non-hydrogen) atoms. The van der Waals surface area contributed by atoms with Crippen molar-refractivity contribution < 1.29 is 14.7 Å². The minimum atomic E-state index is -1.09. The molecule has 1 fully saturated rings. The lowest BCUT2D eigenvalue weighted by Gasteiger charge is -2.35. The molecule has 1 atom stereocenters. The van der Waals surface area contributed by atoms with E-state index in [4.69, 9.17) is 0 Å². The summed E-state index contributed by atoms with van der Waals surface area (Å²) in [4.78, 5) is 32.2. The zero-order chi connectivity index (χ0) is 17.8. The van der Waals surface area contributed by atoms with E-state index >= 15 is 0 Å². The molecule has 8 heteroatoms. The summed E-state index contributed by atoms with van der Waals surface area (Å²) >= 11 is 0. The molecule has 0 spiro atoms. The van der Waals surface area contributed by atoms with Gasteiger partial charge in [-0.1, -0.05) is 6.07 Å². The summed E-state index contributed by atoms with van der Waals surface area (Å²) in [6, 6.07) is 6.61. The van der Waals surface area contributed by atoms with E-state index in [2.05, 4.69) is 15.0 Å². The number of piperazine rings is 1. The van der Waals surface area contributed by atoms with Crippen molar-refractivity contribution >= 4 is 11.9 Å². The van der Waals surface area contributed by atoms with Crippen molar-refractivity contribution in [3.05, 3.63) is 48.0 Å². The molecule has 1 unspecified atom stereocenters. The van der Waals surface area contributed by atoms with Gasteiger partial charge in [0, 0.05) is 45.1 Å². The maximum Gasteiger partial charge on any atom is 0.354 e. The molecule has 8 nitrogen and oxygen atoms in total. The van der Waals surface area contributed by atoms with Gasteiger partial charge in [-0.05, 0) is 25.1 Å². The number of carboxylic acid groups (broad SMARTS) is 1. The van der Waals surface area contributed by atoms with Gasteiger partial charge in [-0.2, -0.15) is 5.10 Å². The number of nitrogens with zero attached hydrogens (tertiary/aromatic N) is 5. The Morgan fingerprint density at radius 2 is 1.92 bits per heavy atom. The van der Waals surface area contributed by atoms with Gasteiger partial charge in [0.25, 0.3) is 0 Å². The van der Waals surface area contributed by atoms with Gasteiger partial charge in [-0.15, -0.1) is 0 Å². The van der Waals surface area contributed by atoms with E-state index in [-0.39, 0.29) is 11.6 Å². The molecule has 1 amide bonds. The van der Waals surface area contributed by atoms with E-state index in [1.807, 2.05) is 18.2 Å². The van der Waals surface area contributed by atoms with Gasteiger partial charge >= 0.3 is 5.97 Å². The second-order valence-electron chi connectivity index (χ2n) is 6.06. The molecule has 1 N–H and O–H groups in total. The fraction of sp³-hybridized carbons (Fsp3) is 0.412. The maximum absolute atomic E-state index is 12.7. The molecule has 132 valence electrons. The van der Waals surface area contributed by atoms with Crippen LogP contribution >= 0.6 is 0 Å². The summed E-state index contributed by atoms with van der Waals surface area (Å²) in [5.74, 6) is -1.19. The van der Waals surface area contributed by atoms with Crippen molar-refractivity contribution in [3.63, 3.8) is 0 Å². The molecule has 3 heterocycles. The first kappa shape index (κ1) is 17.1. The Balaban J connectivity index is 1.58. The Morgan fingerprint density at radius 1 is 1.16 bits per heavy atom. The summed E-state index contributed by atoms with van der Waals surface area (Å²) in [6.07, 6.45) is 3.18. The molecule has 1 saturated heterocycles. The molecule has 0 bridgehead atoms. The highest BCUT2D eigenvalue weighted by atomic mass is 16.4. The van der Waals surface area contributed by atoms with Crippen LogP contribution in [0.1, 0.15) is 29.1 Å². The minimum Gasteiger partial charge on any atom is -0.477 e. The van der Waals surface area contributed by atoms with Crippen molar-refractivity contribution in [3.8, 4) is 0 Å². The lowest BCUT2D eigenvalue weighted by atomic mass is 10.2. The standard InChI is InChI=1S/C17H21N5O3/c1-13(22-15(17(24)25)5-7-19-22)16(23)21-10-8-20(9-11-21)12-14-4-2-3-6-18-14/h2-7,13H,8-12H2,1H3,(H,24,25). The van der Waals surface area contributed by atoms with Gasteiger partial charge in [0.1, 0.15) is 11.7 Å². The molecule has 0 saturated carbocycles. The molecule has 2 aromatic rings. The smallest absolute Gasteiger partial charge is 0.354 e. The number of rotatable bonds is 5. The Morgan fingerprint density at radius 3 is 2.56 bits per heavy atom. The summed E-state index contributed by atoms with van der Waals surface area (Å²) in [5, 5.41) is 13.2. The van der Waals surface area contributed by atoms with E-state index in [1.54, 1.807) is 18.0 Å². The van der Waals surface area contributed by atoms with Gasteiger partial charge in [-0.25, -0.2) is 9.48 Å². The van der Waals surface area contributed by atoms with E-state index in [9.17, 15) is 14.7 Å². The largest absolute Gasteiger partial charge is 0.477 e. The quantitative estimate of drug-likeness (QED) is 0.867. The number of amides is 1. The van der Waals surface area contributed by atoms with Crippen LogP contribution in [0.2, 0.25) is 0 Å². The number of hydrogen-bond acceptors (Lipinski definition) is 5. The van der Waals surface area contributed by atoms with E-state index in [0.29, 0.717) is 13.1 Å². The average molecular weight is 343 g/mol. The van der Waals surface area contributed by atoms with Crippen LogP contribution in [0.15, 0.2) is 36.7 Å². The number of aromatic nitrogens is 3. The van der Waals surface area contributed by atoms with Crippen LogP contribution in [-0.2, 0) is 11.3 Å². The third kappa shape index (κ3) is 3.85. The van der Waals surface area contributed by atoms with Crippen molar-refractivity contribution in [1.29, 1.82) is 0 Å². The summed E-state index contributed by atoms with van der Waals surface area (Å²) < 4.78 is 1.27. The molecule has 1 aliphatic heterocycles. The van der Waals surface area contributed by atoms with Crippen LogP contribution in [0.3, 0.4) is 0 Å². The number of aromatic carboxylic acids is 1. The molecular weight excluding hydrogens is 322 g/mol. The molecule has 0 aromatic carbocycles. The second-order valence-corrected chi connectivity index (χ2v) is 6.06. The fourth-order valence-electron chi connectivity index (χ4n) is 3.01. The molecular formula is C17H21N5O3. The van der Waals surface area contributed by atoms with Gasteiger partial charge < -0.3 is 10.0 Å². The number of pyridine rings is 1. The second kappa shape index (κ2) is 7.43. The number of carboxylic acids is 1. The Labute approximate surface area is 145 Å². The highest BCUT2D eigenvalue weighted by Crippen LogP contribution is 2.15. The number of carbonyl (C=O) groups excluding carboxylic acids is 1. The van der Waals surface area contributed by atoms with Crippen molar-refractivity contribution in [2.75, 3.05) is 26.2 Å². The lowest BCUT2D eigenvalue weighted by Crippen LogP contribution is -2.50. The normalized spacial score (nSPS) is 16.6. The third-order valence-electron chi connectivity index (χ3n) is 4.41. The van der Waals surface area contributed by atoms with Crippen molar-refractivity contribution in [2.45, 2.75) is 19.5 Å². The third-order valence-corrected chi connectivity index (χ3v) is 4.41. The minimum absolute atomic E-state index is 0.0228. The topological polar surface area (TPSA) is 91.6 Å². The Hall–Kier alpha value is -2.74. The van der Waals surface area contributed by atoms with Crippen LogP contribution < -0.4 is 0 Å². The molecule has 2 aromatic heterocycles. The van der Waals surface area contributed by atoms with Gasteiger partial charge in [0.2, 0.25) is 5.91 Å². The van der Waals surface area contributed by atoms with Crippen LogP contribution in [-0.4, -0.2) is 67.7 Å². The highest BCUT2D eigenvalue weighted by molar-refractivity contribution is 5.87. The van der Waals surface area contributed by atoms with Gasteiger partial charge in [0.15, 0.2) is 0 Å². The van der Waals surface area contributed by atoms with Crippen molar-refractivity contribution in [1.82, 2.24) is 24.6 Å². The monoisotopic (exact) mass is 343 g/mol. The van der Waals surface area contributed by atoms with E-state index in [0.717, 1.165) is 25.3 Å². The van der Waals surface area contributed by atoms with Crippen LogP contribution in [0, 0.1) is 0 Å². The lowest BCUT2D eigenvalue weighted by molar-refractivity contribution is -0.136. The van der Waals surface area contributed by atoms with Gasteiger partial charge in [0.05, 0.1) is 5.69 Å². The van der Waals surface area contributed by atoms with Crippen LogP contribution in [0.4, 0.5) is 0 Å². The molecule has 0 aliphatic carbocycles. The molecule has 1 aliphatic rings. The highest BCUT2D eigenvalue weighted by Gasteiger charge is 2.28. The maximum atomic E-state index is 12.7. The summed E-state index contributed by atoms with van der Waals surface area (Å²) in [5.41, 5.74) is 1.04. The zero-order valence-electron chi connectivity index (χ0n) is 14.1. The first-order valence-electron chi connectivity index (χ1n) is 8.24. The zero-order valence-corrected chi connectivity index (χ0v) is 14.1. The molecule has 3 rings (SSSR count). The van der Waals surface area contributed by atoms with Crippen molar-refractivity contribution in [2.24, 2.45) is 0 Å². The first-order chi connectivity index (χ1) is 12.1. The van der Waals surface area contributed by atoms with Gasteiger partial charge in [-0.3, -0.25) is 14.7 Å². The number of carbonyl (C=O) groups is 2. The number of hydrogen-bond donors (Lipinski definition) is 1. The van der Waals surface area contributed by atoms with Crippen LogP contribution in [0.25, 0.3) is 0 Å². The summed E-state index contributed by atoms with van der Waals surface area (Å²) in [7, 11) is 0. The predicted molar refractivity (Wildman–Crippen MR) is 90.0 cm³/mol. The van der Waals surface area contributed by atoms with E-state index in [1.165, 1.54) is 16.9 Å². The molecule has 0 radical (unpaired) electrons. The predicted octanol–water partition coefficient (Wildman–Crippen LogP) is 0.882. The van der Waals surface area contributed by atoms with E-state index < -0.39 is 12.0 Å². The Kier molecular flexibility index (Phi) is 5.08. The van der Waals surface area contributed by atoms with Crippen LogP contribution in [0.5, 0.6) is 0 Å².